The van der Waals surface area contributed by atoms with Gasteiger partial charge in [-0.15, -0.1) is 0 Å². The van der Waals surface area contributed by atoms with E-state index in [0.717, 1.165) is 32.6 Å². The molecule has 21 heavy (non-hydrogen) atoms. The highest BCUT2D eigenvalue weighted by Crippen LogP contribution is 2.17. The second-order valence-electron chi connectivity index (χ2n) is 5.90. The third-order valence-electron chi connectivity index (χ3n) is 4.54. The molecule has 0 saturated carbocycles. The lowest BCUT2D eigenvalue weighted by Crippen LogP contribution is -2.44. The van der Waals surface area contributed by atoms with Gasteiger partial charge in [0.25, 0.3) is 0 Å². The van der Waals surface area contributed by atoms with E-state index in [-0.39, 0.29) is 0 Å². The van der Waals surface area contributed by atoms with Crippen molar-refractivity contribution >= 4 is 10.9 Å². The summed E-state index contributed by atoms with van der Waals surface area (Å²) in [7, 11) is 0. The number of aromatic nitrogens is 1. The molecule has 1 aromatic carbocycles. The summed E-state index contributed by atoms with van der Waals surface area (Å²) in [5.41, 5.74) is 2.54. The molecule has 1 saturated heterocycles. The van der Waals surface area contributed by atoms with Crippen LogP contribution >= 0.6 is 0 Å². The Morgan fingerprint density at radius 3 is 3.14 bits per heavy atom. The fraction of sp³-hybridized carbons (Fsp3) is 0.529. The second-order valence-corrected chi connectivity index (χ2v) is 5.90. The maximum atomic E-state index is 9.43. The summed E-state index contributed by atoms with van der Waals surface area (Å²) in [6, 6.07) is 8.90. The van der Waals surface area contributed by atoms with E-state index in [1.54, 1.807) is 0 Å². The molecule has 0 aliphatic carbocycles. The van der Waals surface area contributed by atoms with Gasteiger partial charge in [-0.1, -0.05) is 18.6 Å². The summed E-state index contributed by atoms with van der Waals surface area (Å²) >= 11 is 0. The minimum Gasteiger partial charge on any atom is -0.395 e. The Bertz CT molecular complexity index is 566. The Hall–Kier alpha value is -1.36. The van der Waals surface area contributed by atoms with Crippen LogP contribution in [0.4, 0.5) is 0 Å². The van der Waals surface area contributed by atoms with E-state index in [2.05, 4.69) is 39.5 Å². The summed E-state index contributed by atoms with van der Waals surface area (Å²) < 4.78 is 0. The number of hydrogen-bond acceptors (Lipinski definition) is 3. The number of aromatic amines is 1. The zero-order chi connectivity index (χ0) is 14.5. The zero-order valence-electron chi connectivity index (χ0n) is 12.5. The second kappa shape index (κ2) is 7.07. The maximum Gasteiger partial charge on any atom is 0.0586 e. The molecular formula is C17H25N3O. The zero-order valence-corrected chi connectivity index (χ0v) is 12.5. The average Bonchev–Trinajstić information content (AvgIpc) is 3.01. The van der Waals surface area contributed by atoms with Gasteiger partial charge in [-0.3, -0.25) is 4.90 Å². The Morgan fingerprint density at radius 2 is 2.24 bits per heavy atom. The molecule has 2 heterocycles. The van der Waals surface area contributed by atoms with Crippen molar-refractivity contribution < 1.29 is 5.11 Å². The molecule has 1 aliphatic heterocycles. The molecule has 4 heteroatoms. The fourth-order valence-corrected chi connectivity index (χ4v) is 3.31. The first-order valence-corrected chi connectivity index (χ1v) is 7.99. The van der Waals surface area contributed by atoms with Crippen molar-refractivity contribution in [2.24, 2.45) is 0 Å². The first-order valence-electron chi connectivity index (χ1n) is 7.99. The van der Waals surface area contributed by atoms with Crippen molar-refractivity contribution in [2.45, 2.75) is 31.8 Å². The van der Waals surface area contributed by atoms with E-state index in [9.17, 15) is 5.11 Å². The van der Waals surface area contributed by atoms with Crippen molar-refractivity contribution in [1.82, 2.24) is 15.2 Å². The highest BCUT2D eigenvalue weighted by molar-refractivity contribution is 5.82. The maximum absolute atomic E-state index is 9.43. The van der Waals surface area contributed by atoms with Gasteiger partial charge in [0.15, 0.2) is 0 Å². The van der Waals surface area contributed by atoms with E-state index >= 15 is 0 Å². The molecule has 0 unspecified atom stereocenters. The van der Waals surface area contributed by atoms with Crippen LogP contribution in [0.25, 0.3) is 10.9 Å². The first-order chi connectivity index (χ1) is 10.4. The van der Waals surface area contributed by atoms with E-state index in [1.807, 2.05) is 6.20 Å². The largest absolute Gasteiger partial charge is 0.395 e. The Balaban J connectivity index is 1.49. The summed E-state index contributed by atoms with van der Waals surface area (Å²) in [5, 5.41) is 14.3. The molecule has 2 aromatic rings. The normalized spacial score (nSPS) is 20.1. The van der Waals surface area contributed by atoms with Crippen molar-refractivity contribution in [3.8, 4) is 0 Å². The van der Waals surface area contributed by atoms with Gasteiger partial charge in [0.2, 0.25) is 0 Å². The van der Waals surface area contributed by atoms with Gasteiger partial charge >= 0.3 is 0 Å². The predicted molar refractivity (Wildman–Crippen MR) is 86.3 cm³/mol. The molecule has 0 radical (unpaired) electrons. The summed E-state index contributed by atoms with van der Waals surface area (Å²) in [6.07, 6.45) is 5.65. The molecular weight excluding hydrogens is 262 g/mol. The number of hydrogen-bond donors (Lipinski definition) is 3. The van der Waals surface area contributed by atoms with Crippen LogP contribution in [-0.4, -0.2) is 47.3 Å². The number of fused-ring (bicyclic) bond motifs is 1. The fourth-order valence-electron chi connectivity index (χ4n) is 3.31. The molecule has 0 spiro atoms. The minimum atomic E-state index is 0.294. The summed E-state index contributed by atoms with van der Waals surface area (Å²) in [5.74, 6) is 0. The van der Waals surface area contributed by atoms with E-state index in [1.165, 1.54) is 29.3 Å². The van der Waals surface area contributed by atoms with Crippen molar-refractivity contribution in [3.63, 3.8) is 0 Å². The van der Waals surface area contributed by atoms with E-state index in [4.69, 9.17) is 0 Å². The van der Waals surface area contributed by atoms with Gasteiger partial charge in [-0.2, -0.15) is 0 Å². The number of piperidine rings is 1. The number of aliphatic hydroxyl groups excluding tert-OH is 1. The number of nitrogens with one attached hydrogen (secondary N) is 2. The first kappa shape index (κ1) is 14.6. The van der Waals surface area contributed by atoms with Gasteiger partial charge in [0.1, 0.15) is 0 Å². The van der Waals surface area contributed by atoms with Crippen LogP contribution in [0.3, 0.4) is 0 Å². The van der Waals surface area contributed by atoms with Gasteiger partial charge in [-0.05, 0) is 37.1 Å². The third-order valence-corrected chi connectivity index (χ3v) is 4.54. The number of rotatable bonds is 6. The molecule has 114 valence electrons. The molecule has 0 amide bonds. The summed E-state index contributed by atoms with van der Waals surface area (Å²) in [4.78, 5) is 5.68. The average molecular weight is 287 g/mol. The van der Waals surface area contributed by atoms with Gasteiger partial charge in [-0.25, -0.2) is 0 Å². The topological polar surface area (TPSA) is 51.3 Å². The minimum absolute atomic E-state index is 0.294. The number of likely N-dealkylation sites (tertiary alicyclic amines) is 1. The molecule has 4 nitrogen and oxygen atoms in total. The Morgan fingerprint density at radius 1 is 1.29 bits per heavy atom. The monoisotopic (exact) mass is 287 g/mol. The molecule has 1 atom stereocenters. The Labute approximate surface area is 126 Å². The predicted octanol–water partition coefficient (Wildman–Crippen LogP) is 2.10. The smallest absolute Gasteiger partial charge is 0.0586 e. The standard InChI is InChI=1S/C17H25N3O/c21-13-15-5-1-2-10-20(15)11-9-18-12-14-4-3-6-17-16(14)7-8-19-17/h3-4,6-8,15,18-19,21H,1-2,5,9-13H2/t15-/m1/s1. The molecule has 0 bridgehead atoms. The van der Waals surface area contributed by atoms with Crippen LogP contribution in [0.1, 0.15) is 24.8 Å². The lowest BCUT2D eigenvalue weighted by molar-refractivity contribution is 0.0910. The van der Waals surface area contributed by atoms with Crippen LogP contribution in [0, 0.1) is 0 Å². The third kappa shape index (κ3) is 3.46. The van der Waals surface area contributed by atoms with Crippen molar-refractivity contribution in [3.05, 3.63) is 36.0 Å². The van der Waals surface area contributed by atoms with Crippen LogP contribution in [-0.2, 0) is 6.54 Å². The molecule has 3 rings (SSSR count). The molecule has 1 fully saturated rings. The molecule has 1 aliphatic rings. The van der Waals surface area contributed by atoms with Crippen LogP contribution in [0.2, 0.25) is 0 Å². The van der Waals surface area contributed by atoms with E-state index in [0.29, 0.717) is 12.6 Å². The van der Waals surface area contributed by atoms with Gasteiger partial charge < -0.3 is 15.4 Å². The lowest BCUT2D eigenvalue weighted by atomic mass is 10.0. The lowest BCUT2D eigenvalue weighted by Gasteiger charge is -2.34. The summed E-state index contributed by atoms with van der Waals surface area (Å²) in [6.45, 7) is 4.31. The quantitative estimate of drug-likeness (QED) is 0.713. The van der Waals surface area contributed by atoms with Crippen LogP contribution < -0.4 is 5.32 Å². The van der Waals surface area contributed by atoms with Gasteiger partial charge in [0.05, 0.1) is 6.61 Å². The number of nitrogens with zero attached hydrogens (tertiary/aromatic N) is 1. The van der Waals surface area contributed by atoms with Gasteiger partial charge in [0, 0.05) is 42.8 Å². The number of H-pyrrole nitrogens is 1. The highest BCUT2D eigenvalue weighted by atomic mass is 16.3. The van der Waals surface area contributed by atoms with Crippen LogP contribution in [0.5, 0.6) is 0 Å². The SMILES string of the molecule is OC[C@H]1CCCCN1CCNCc1cccc2[nH]ccc12. The van der Waals surface area contributed by atoms with Crippen molar-refractivity contribution in [2.75, 3.05) is 26.2 Å². The van der Waals surface area contributed by atoms with Crippen LogP contribution in [0.15, 0.2) is 30.5 Å². The van der Waals surface area contributed by atoms with E-state index < -0.39 is 0 Å². The molecule has 1 aromatic heterocycles. The molecule has 3 N–H and O–H groups in total. The van der Waals surface area contributed by atoms with Crippen molar-refractivity contribution in [1.29, 1.82) is 0 Å². The Kier molecular flexibility index (Phi) is 4.91. The number of benzene rings is 1. The highest BCUT2D eigenvalue weighted by Gasteiger charge is 2.20. The number of aliphatic hydroxyl groups is 1.